The van der Waals surface area contributed by atoms with Crippen LogP contribution in [0.15, 0.2) is 0 Å². The molecule has 0 spiro atoms. The van der Waals surface area contributed by atoms with Crippen molar-refractivity contribution in [3.8, 4) is 0 Å². The molecule has 0 aliphatic heterocycles. The van der Waals surface area contributed by atoms with Gasteiger partial charge in [0.15, 0.2) is 0 Å². The Kier molecular flexibility index (Phi) is 22.8. The normalized spacial score (nSPS) is 8.24. The van der Waals surface area contributed by atoms with E-state index in [-0.39, 0.29) is 19.5 Å². The van der Waals surface area contributed by atoms with E-state index in [1.807, 2.05) is 0 Å². The van der Waals surface area contributed by atoms with Crippen molar-refractivity contribution < 1.29 is 19.5 Å². The summed E-state index contributed by atoms with van der Waals surface area (Å²) in [6.07, 6.45) is 0. The van der Waals surface area contributed by atoms with Crippen LogP contribution in [0.1, 0.15) is 27.7 Å². The molecule has 0 N–H and O–H groups in total. The smallest absolute Gasteiger partial charge is 0 e. The zero-order chi connectivity index (χ0) is 13.1. The molecule has 0 unspecified atom stereocenters. The fourth-order valence-electron chi connectivity index (χ4n) is 0.964. The van der Waals surface area contributed by atoms with Gasteiger partial charge in [-0.05, 0) is 0 Å². The monoisotopic (exact) mass is 552 g/mol. The van der Waals surface area contributed by atoms with Gasteiger partial charge in [0.05, 0.1) is 0 Å². The van der Waals surface area contributed by atoms with Gasteiger partial charge in [0.2, 0.25) is 0 Å². The minimum atomic E-state index is 0. The van der Waals surface area contributed by atoms with Crippen molar-refractivity contribution in [2.45, 2.75) is 27.7 Å². The molecule has 0 heterocycles. The molecule has 0 rings (SSSR count). The van der Waals surface area contributed by atoms with Gasteiger partial charge in [-0.1, -0.05) is 0 Å². The molecule has 0 fully saturated rings. The molecule has 2 nitrogen and oxygen atoms in total. The van der Waals surface area contributed by atoms with Gasteiger partial charge in [0, 0.05) is 19.5 Å². The van der Waals surface area contributed by atoms with Crippen molar-refractivity contribution in [3.05, 3.63) is 0 Å². The molecule has 0 amide bonds. The molecule has 7 heteroatoms. The summed E-state index contributed by atoms with van der Waals surface area (Å²) in [5, 5.41) is 0. The molecule has 96 valence electrons. The third-order valence-corrected chi connectivity index (χ3v) is 4.21. The van der Waals surface area contributed by atoms with Crippen LogP contribution in [0.4, 0.5) is 0 Å². The topological polar surface area (TPSA) is 6.48 Å². The van der Waals surface area contributed by atoms with E-state index in [0.29, 0.717) is 0 Å². The predicted octanol–water partition coefficient (Wildman–Crippen LogP) is -0.497. The van der Waals surface area contributed by atoms with E-state index in [0.717, 1.165) is 33.1 Å². The largest absolute Gasteiger partial charge is 0 e. The standard InChI is InChI=1S/2C5H10NSe2.Zn/c2*1-3-6(4-2)5(7)8;/h2*3-4H2,1-2H3;. The quantitative estimate of drug-likeness (QED) is 0.413. The first-order chi connectivity index (χ1) is 7.44. The first-order valence-corrected chi connectivity index (χ1v) is 8.78. The SMILES string of the molecule is CCN(CC)C([Se])=[Se].CCN(CC)C([Se])=[Se].[Zn]. The van der Waals surface area contributed by atoms with Gasteiger partial charge in [0.25, 0.3) is 0 Å². The van der Waals surface area contributed by atoms with E-state index in [1.165, 1.54) is 0 Å². The van der Waals surface area contributed by atoms with Crippen LogP contribution in [0, 0.1) is 0 Å². The van der Waals surface area contributed by atoms with Crippen LogP contribution in [0.25, 0.3) is 0 Å². The second kappa shape index (κ2) is 16.1. The number of hydrogen-bond donors (Lipinski definition) is 0. The Morgan fingerprint density at radius 2 is 0.882 bits per heavy atom. The molecule has 0 aromatic rings. The van der Waals surface area contributed by atoms with Crippen molar-refractivity contribution >= 4 is 70.1 Å². The summed E-state index contributed by atoms with van der Waals surface area (Å²) < 4.78 is 2.32. The van der Waals surface area contributed by atoms with Gasteiger partial charge in [0.1, 0.15) is 0 Å². The molecular weight excluding hydrogens is 529 g/mol. The zero-order valence-corrected chi connectivity index (χ0v) is 20.9. The predicted molar refractivity (Wildman–Crippen MR) is 78.9 cm³/mol. The number of rotatable bonds is 6. The summed E-state index contributed by atoms with van der Waals surface area (Å²) in [5.74, 6) is 0. The van der Waals surface area contributed by atoms with Crippen molar-refractivity contribution in [3.63, 3.8) is 0 Å². The summed E-state index contributed by atoms with van der Waals surface area (Å²) in [4.78, 5) is 4.44. The van der Waals surface area contributed by atoms with Gasteiger partial charge >= 0.3 is 134 Å². The molecule has 17 heavy (non-hydrogen) atoms. The zero-order valence-electron chi connectivity index (χ0n) is 11.1. The van der Waals surface area contributed by atoms with Crippen molar-refractivity contribution in [2.75, 3.05) is 26.2 Å². The summed E-state index contributed by atoms with van der Waals surface area (Å²) in [6, 6.07) is 0. The maximum absolute atomic E-state index is 2.93. The Labute approximate surface area is 152 Å². The Morgan fingerprint density at radius 1 is 0.706 bits per heavy atom. The molecular formula is C10H20N2Se4Zn. The second-order valence-corrected chi connectivity index (χ2v) is 8.74. The van der Waals surface area contributed by atoms with Crippen molar-refractivity contribution in [2.24, 2.45) is 0 Å². The van der Waals surface area contributed by atoms with Crippen LogP contribution in [0.3, 0.4) is 0 Å². The van der Waals surface area contributed by atoms with Crippen LogP contribution in [-0.2, 0) is 19.5 Å². The van der Waals surface area contributed by atoms with Crippen LogP contribution in [0.5, 0.6) is 0 Å². The molecule has 0 saturated heterocycles. The van der Waals surface area contributed by atoms with E-state index in [1.54, 1.807) is 0 Å². The van der Waals surface area contributed by atoms with Gasteiger partial charge in [-0.15, -0.1) is 0 Å². The Balaban J connectivity index is -0.000000218. The average molecular weight is 550 g/mol. The molecule has 0 saturated carbocycles. The Hall–Kier alpha value is 2.04. The van der Waals surface area contributed by atoms with E-state index in [9.17, 15) is 0 Å². The van der Waals surface area contributed by atoms with Gasteiger partial charge in [-0.25, -0.2) is 0 Å². The minimum absolute atomic E-state index is 0. The van der Waals surface area contributed by atoms with Crippen LogP contribution >= 0.6 is 0 Å². The summed E-state index contributed by atoms with van der Waals surface area (Å²) in [5.41, 5.74) is 0. The molecule has 0 aliphatic rings. The second-order valence-electron chi connectivity index (χ2n) is 2.88. The fourth-order valence-corrected chi connectivity index (χ4v) is 3.13. The maximum atomic E-state index is 2.93. The third kappa shape index (κ3) is 14.3. The number of nitrogens with zero attached hydrogens (tertiary/aromatic N) is 2. The summed E-state index contributed by atoms with van der Waals surface area (Å²) in [6.45, 7) is 12.8. The molecule has 0 aromatic carbocycles. The van der Waals surface area contributed by atoms with Gasteiger partial charge < -0.3 is 0 Å². The third-order valence-electron chi connectivity index (χ3n) is 2.04. The molecule has 2 radical (unpaired) electrons. The van der Waals surface area contributed by atoms with Crippen molar-refractivity contribution in [1.29, 1.82) is 0 Å². The first-order valence-electron chi connectivity index (χ1n) is 5.36. The van der Waals surface area contributed by atoms with E-state index in [2.05, 4.69) is 101 Å². The van der Waals surface area contributed by atoms with E-state index in [4.69, 9.17) is 0 Å². The van der Waals surface area contributed by atoms with Gasteiger partial charge in [-0.2, -0.15) is 0 Å². The average Bonchev–Trinajstić information content (AvgIpc) is 2.21. The van der Waals surface area contributed by atoms with Gasteiger partial charge in [-0.3, -0.25) is 0 Å². The van der Waals surface area contributed by atoms with E-state index < -0.39 is 0 Å². The minimum Gasteiger partial charge on any atom is 0 e. The Morgan fingerprint density at radius 3 is 0.882 bits per heavy atom. The summed E-state index contributed by atoms with van der Waals surface area (Å²) in [7, 11) is 0. The molecule has 0 bridgehead atoms. The van der Waals surface area contributed by atoms with Crippen LogP contribution < -0.4 is 0 Å². The Bertz CT molecular complexity index is 184. The molecule has 0 aromatic heterocycles. The fraction of sp³-hybridized carbons (Fsp3) is 0.800. The van der Waals surface area contributed by atoms with Crippen molar-refractivity contribution in [1.82, 2.24) is 9.80 Å². The van der Waals surface area contributed by atoms with Crippen LogP contribution in [0.2, 0.25) is 0 Å². The maximum Gasteiger partial charge on any atom is 0 e. The summed E-state index contributed by atoms with van der Waals surface area (Å²) >= 11 is 11.7. The van der Waals surface area contributed by atoms with Crippen LogP contribution in [-0.4, -0.2) is 106 Å². The molecule has 0 aliphatic carbocycles. The first kappa shape index (κ1) is 24.1. The molecule has 0 atom stereocenters. The van der Waals surface area contributed by atoms with E-state index >= 15 is 0 Å². The number of hydrogen-bond acceptors (Lipinski definition) is 2.